The lowest BCUT2D eigenvalue weighted by Crippen LogP contribution is -2.35. The molecule has 0 atom stereocenters. The number of anilines is 2. The van der Waals surface area contributed by atoms with Crippen LogP contribution in [0.25, 0.3) is 5.57 Å². The Kier molecular flexibility index (Phi) is 6.84. The Hall–Kier alpha value is -3.08. The minimum absolute atomic E-state index is 0.195. The maximum Gasteiger partial charge on any atom is 0.278 e. The van der Waals surface area contributed by atoms with Gasteiger partial charge >= 0.3 is 0 Å². The van der Waals surface area contributed by atoms with E-state index < -0.39 is 0 Å². The molecule has 2 aromatic rings. The van der Waals surface area contributed by atoms with Crippen molar-refractivity contribution in [1.82, 2.24) is 4.90 Å². The number of nitrogens with one attached hydrogen (secondary N) is 1. The Balaban J connectivity index is 2.02. The highest BCUT2D eigenvalue weighted by Crippen LogP contribution is 2.33. The molecule has 0 bridgehead atoms. The monoisotopic (exact) mass is 419 g/mol. The molecule has 0 radical (unpaired) electrons. The Morgan fingerprint density at radius 2 is 1.58 bits per heavy atom. The lowest BCUT2D eigenvalue weighted by atomic mass is 9.97. The summed E-state index contributed by atoms with van der Waals surface area (Å²) in [7, 11) is 0. The first-order valence-corrected chi connectivity index (χ1v) is 11.1. The Labute approximate surface area is 185 Å². The highest BCUT2D eigenvalue weighted by atomic mass is 16.2. The van der Waals surface area contributed by atoms with Crippen LogP contribution >= 0.6 is 0 Å². The van der Waals surface area contributed by atoms with Crippen molar-refractivity contribution in [3.8, 4) is 0 Å². The first-order valence-electron chi connectivity index (χ1n) is 11.1. The second kappa shape index (κ2) is 9.38. The van der Waals surface area contributed by atoms with E-state index in [0.29, 0.717) is 17.8 Å². The highest BCUT2D eigenvalue weighted by Gasteiger charge is 2.39. The molecule has 1 heterocycles. The molecule has 0 spiro atoms. The van der Waals surface area contributed by atoms with E-state index in [1.165, 1.54) is 4.90 Å². The van der Waals surface area contributed by atoms with E-state index in [2.05, 4.69) is 24.1 Å². The number of carbonyl (C=O) groups is 2. The molecule has 1 aliphatic heterocycles. The van der Waals surface area contributed by atoms with Gasteiger partial charge < -0.3 is 10.2 Å². The van der Waals surface area contributed by atoms with E-state index in [-0.39, 0.29) is 17.7 Å². The van der Waals surface area contributed by atoms with Gasteiger partial charge in [0.1, 0.15) is 5.70 Å². The van der Waals surface area contributed by atoms with Crippen LogP contribution in [0, 0.1) is 19.8 Å². The van der Waals surface area contributed by atoms with E-state index >= 15 is 0 Å². The zero-order valence-electron chi connectivity index (χ0n) is 19.5. The maximum absolute atomic E-state index is 13.3. The molecule has 0 saturated carbocycles. The molecule has 5 heteroatoms. The number of rotatable bonds is 8. The second-order valence-corrected chi connectivity index (χ2v) is 8.53. The molecule has 164 valence electrons. The van der Waals surface area contributed by atoms with Crippen molar-refractivity contribution in [2.75, 3.05) is 29.9 Å². The van der Waals surface area contributed by atoms with Gasteiger partial charge in [-0.3, -0.25) is 14.5 Å². The van der Waals surface area contributed by atoms with Crippen LogP contribution in [-0.2, 0) is 9.59 Å². The summed E-state index contributed by atoms with van der Waals surface area (Å²) >= 11 is 0. The molecule has 0 unspecified atom stereocenters. The average molecular weight is 420 g/mol. The van der Waals surface area contributed by atoms with Gasteiger partial charge in [-0.1, -0.05) is 37.6 Å². The third-order valence-corrected chi connectivity index (χ3v) is 5.63. The number of aryl methyl sites for hydroxylation is 2. The predicted molar refractivity (Wildman–Crippen MR) is 128 cm³/mol. The molecule has 31 heavy (non-hydrogen) atoms. The van der Waals surface area contributed by atoms with E-state index in [4.69, 9.17) is 0 Å². The second-order valence-electron chi connectivity index (χ2n) is 8.53. The molecular weight excluding hydrogens is 386 g/mol. The van der Waals surface area contributed by atoms with Crippen molar-refractivity contribution < 1.29 is 9.59 Å². The van der Waals surface area contributed by atoms with Crippen LogP contribution in [0.5, 0.6) is 0 Å². The molecule has 1 aliphatic rings. The molecule has 0 aromatic heterocycles. The SMILES string of the molecule is CCN(CC)c1ccc(NC2=C(c3ccc(C)cc3C)C(=O)N(CC(C)C)C2=O)cc1. The first kappa shape index (κ1) is 22.6. The van der Waals surface area contributed by atoms with E-state index in [0.717, 1.165) is 41.2 Å². The smallest absolute Gasteiger partial charge is 0.278 e. The third-order valence-electron chi connectivity index (χ3n) is 5.63. The molecule has 2 amide bonds. The van der Waals surface area contributed by atoms with Gasteiger partial charge in [0.2, 0.25) is 0 Å². The molecule has 1 N–H and O–H groups in total. The first-order chi connectivity index (χ1) is 14.8. The van der Waals surface area contributed by atoms with Crippen molar-refractivity contribution in [2.45, 2.75) is 41.5 Å². The van der Waals surface area contributed by atoms with Gasteiger partial charge in [-0.15, -0.1) is 0 Å². The summed E-state index contributed by atoms with van der Waals surface area (Å²) in [6.07, 6.45) is 0. The van der Waals surface area contributed by atoms with Crippen molar-refractivity contribution in [3.63, 3.8) is 0 Å². The summed E-state index contributed by atoms with van der Waals surface area (Å²) in [6.45, 7) is 14.5. The minimum atomic E-state index is -0.263. The molecule has 3 rings (SSSR count). The zero-order valence-corrected chi connectivity index (χ0v) is 19.5. The fourth-order valence-corrected chi connectivity index (χ4v) is 4.06. The Bertz CT molecular complexity index is 1000. The van der Waals surface area contributed by atoms with Crippen LogP contribution in [0.1, 0.15) is 44.4 Å². The topological polar surface area (TPSA) is 52.7 Å². The van der Waals surface area contributed by atoms with Crippen molar-refractivity contribution >= 4 is 28.8 Å². The summed E-state index contributed by atoms with van der Waals surface area (Å²) in [6, 6.07) is 14.0. The normalized spacial score (nSPS) is 14.1. The highest BCUT2D eigenvalue weighted by molar-refractivity contribution is 6.36. The van der Waals surface area contributed by atoms with Gasteiger partial charge in [0.15, 0.2) is 0 Å². The fraction of sp³-hybridized carbons (Fsp3) is 0.385. The van der Waals surface area contributed by atoms with Crippen molar-refractivity contribution in [1.29, 1.82) is 0 Å². The Morgan fingerprint density at radius 1 is 0.935 bits per heavy atom. The van der Waals surface area contributed by atoms with Gasteiger partial charge in [-0.2, -0.15) is 0 Å². The molecule has 0 fully saturated rings. The van der Waals surface area contributed by atoms with Gasteiger partial charge in [-0.05, 0) is 69.0 Å². The van der Waals surface area contributed by atoms with E-state index in [1.807, 2.05) is 70.2 Å². The van der Waals surface area contributed by atoms with Crippen LogP contribution in [0.3, 0.4) is 0 Å². The van der Waals surface area contributed by atoms with Gasteiger partial charge in [0, 0.05) is 31.0 Å². The largest absolute Gasteiger partial charge is 0.372 e. The minimum Gasteiger partial charge on any atom is -0.372 e. The number of amides is 2. The van der Waals surface area contributed by atoms with Crippen molar-refractivity contribution in [2.24, 2.45) is 5.92 Å². The summed E-state index contributed by atoms with van der Waals surface area (Å²) < 4.78 is 0. The fourth-order valence-electron chi connectivity index (χ4n) is 4.06. The van der Waals surface area contributed by atoms with E-state index in [9.17, 15) is 9.59 Å². The molecule has 0 aliphatic carbocycles. The number of benzene rings is 2. The number of carbonyl (C=O) groups excluding carboxylic acids is 2. The van der Waals surface area contributed by atoms with Gasteiger partial charge in [-0.25, -0.2) is 0 Å². The van der Waals surface area contributed by atoms with Gasteiger partial charge in [0.25, 0.3) is 11.8 Å². The zero-order chi connectivity index (χ0) is 22.7. The lowest BCUT2D eigenvalue weighted by Gasteiger charge is -2.21. The molecule has 0 saturated heterocycles. The molecule has 2 aromatic carbocycles. The predicted octanol–water partition coefficient (Wildman–Crippen LogP) is 5.00. The van der Waals surface area contributed by atoms with Gasteiger partial charge in [0.05, 0.1) is 5.57 Å². The van der Waals surface area contributed by atoms with Crippen LogP contribution in [0.15, 0.2) is 48.2 Å². The van der Waals surface area contributed by atoms with Crippen LogP contribution in [-0.4, -0.2) is 36.3 Å². The summed E-state index contributed by atoms with van der Waals surface area (Å²) in [5.41, 5.74) is 5.65. The lowest BCUT2D eigenvalue weighted by molar-refractivity contribution is -0.137. The standard InChI is InChI=1S/C26H33N3O2/c1-7-28(8-2)21-12-10-20(11-13-21)27-24-23(22-14-9-18(5)15-19(22)6)25(30)29(26(24)31)16-17(3)4/h9-15,17,27H,7-8,16H2,1-6H3. The summed E-state index contributed by atoms with van der Waals surface area (Å²) in [4.78, 5) is 30.2. The quantitative estimate of drug-likeness (QED) is 0.612. The summed E-state index contributed by atoms with van der Waals surface area (Å²) in [5.74, 6) is -0.296. The van der Waals surface area contributed by atoms with Crippen molar-refractivity contribution in [3.05, 3.63) is 64.9 Å². The Morgan fingerprint density at radius 3 is 2.13 bits per heavy atom. The molecular formula is C26H33N3O2. The van der Waals surface area contributed by atoms with Crippen LogP contribution in [0.4, 0.5) is 11.4 Å². The van der Waals surface area contributed by atoms with Crippen LogP contribution < -0.4 is 10.2 Å². The third kappa shape index (κ3) is 4.66. The number of hydrogen-bond acceptors (Lipinski definition) is 4. The average Bonchev–Trinajstić information content (AvgIpc) is 2.94. The number of imide groups is 1. The van der Waals surface area contributed by atoms with Crippen LogP contribution in [0.2, 0.25) is 0 Å². The number of hydrogen-bond donors (Lipinski definition) is 1. The molecule has 5 nitrogen and oxygen atoms in total. The van der Waals surface area contributed by atoms with E-state index in [1.54, 1.807) is 0 Å². The maximum atomic E-state index is 13.3. The number of nitrogens with zero attached hydrogens (tertiary/aromatic N) is 2. The summed E-state index contributed by atoms with van der Waals surface area (Å²) in [5, 5.41) is 3.27.